The molecular weight excluding hydrogens is 308 g/mol. The zero-order chi connectivity index (χ0) is 15.9. The predicted octanol–water partition coefficient (Wildman–Crippen LogP) is 1.07. The van der Waals surface area contributed by atoms with Gasteiger partial charge in [0.25, 0.3) is 0 Å². The Morgan fingerprint density at radius 1 is 1.33 bits per heavy atom. The Balaban J connectivity index is 2.33. The molecule has 0 fully saturated rings. The van der Waals surface area contributed by atoms with Crippen LogP contribution in [0.1, 0.15) is 12.0 Å². The number of rotatable bonds is 9. The molecule has 0 aliphatic heterocycles. The van der Waals surface area contributed by atoms with Crippen molar-refractivity contribution in [2.45, 2.75) is 6.42 Å². The highest BCUT2D eigenvalue weighted by Crippen LogP contribution is 2.17. The predicted molar refractivity (Wildman–Crippen MR) is 89.6 cm³/mol. The molecule has 21 heavy (non-hydrogen) atoms. The first-order valence-electron chi connectivity index (χ1n) is 6.67. The van der Waals surface area contributed by atoms with Crippen molar-refractivity contribution in [3.63, 3.8) is 0 Å². The van der Waals surface area contributed by atoms with E-state index in [4.69, 9.17) is 22.7 Å². The van der Waals surface area contributed by atoms with Crippen LogP contribution in [0.3, 0.4) is 0 Å². The quantitative estimate of drug-likeness (QED) is 0.539. The zero-order valence-corrected chi connectivity index (χ0v) is 14.0. The summed E-state index contributed by atoms with van der Waals surface area (Å²) in [6.07, 6.45) is 2.04. The van der Waals surface area contributed by atoms with E-state index < -0.39 is 9.84 Å². The van der Waals surface area contributed by atoms with Gasteiger partial charge in [0.15, 0.2) is 0 Å². The van der Waals surface area contributed by atoms with E-state index in [0.29, 0.717) is 23.9 Å². The van der Waals surface area contributed by atoms with Crippen molar-refractivity contribution < 1.29 is 13.2 Å². The smallest absolute Gasteiger partial charge is 0.148 e. The normalized spacial score (nSPS) is 11.6. The number of hydrogen-bond acceptors (Lipinski definition) is 5. The van der Waals surface area contributed by atoms with Gasteiger partial charge in [-0.1, -0.05) is 24.4 Å². The van der Waals surface area contributed by atoms with E-state index in [1.807, 2.05) is 36.2 Å². The highest BCUT2D eigenvalue weighted by Gasteiger charge is 2.07. The molecule has 1 aromatic carbocycles. The van der Waals surface area contributed by atoms with Crippen molar-refractivity contribution >= 4 is 27.0 Å². The summed E-state index contributed by atoms with van der Waals surface area (Å²) in [6, 6.07) is 7.40. The molecule has 5 nitrogen and oxygen atoms in total. The molecule has 1 rings (SSSR count). The van der Waals surface area contributed by atoms with Gasteiger partial charge in [0, 0.05) is 19.3 Å². The van der Waals surface area contributed by atoms with E-state index in [1.165, 1.54) is 6.26 Å². The Bertz CT molecular complexity index is 573. The third kappa shape index (κ3) is 7.40. The fraction of sp³-hybridized carbons (Fsp3) is 0.500. The number of nitrogens with zero attached hydrogens (tertiary/aromatic N) is 1. The number of benzene rings is 1. The van der Waals surface area contributed by atoms with Gasteiger partial charge in [0.2, 0.25) is 0 Å². The van der Waals surface area contributed by atoms with E-state index in [0.717, 1.165) is 18.5 Å². The van der Waals surface area contributed by atoms with Gasteiger partial charge in [0.05, 0.1) is 17.9 Å². The van der Waals surface area contributed by atoms with Crippen LogP contribution in [0.25, 0.3) is 0 Å². The zero-order valence-electron chi connectivity index (χ0n) is 12.4. The average Bonchev–Trinajstić information content (AvgIpc) is 2.41. The van der Waals surface area contributed by atoms with E-state index in [9.17, 15) is 8.42 Å². The molecule has 0 saturated carbocycles. The minimum Gasteiger partial charge on any atom is -0.493 e. The van der Waals surface area contributed by atoms with Gasteiger partial charge in [-0.15, -0.1) is 0 Å². The van der Waals surface area contributed by atoms with Crippen LogP contribution in [0.5, 0.6) is 5.75 Å². The fourth-order valence-corrected chi connectivity index (χ4v) is 2.56. The van der Waals surface area contributed by atoms with E-state index >= 15 is 0 Å². The molecule has 0 saturated heterocycles. The van der Waals surface area contributed by atoms with E-state index in [-0.39, 0.29) is 5.75 Å². The molecule has 0 aliphatic rings. The number of nitrogens with two attached hydrogens (primary N) is 1. The monoisotopic (exact) mass is 330 g/mol. The van der Waals surface area contributed by atoms with Crippen LogP contribution in [0, 0.1) is 0 Å². The largest absolute Gasteiger partial charge is 0.493 e. The van der Waals surface area contributed by atoms with Crippen LogP contribution in [-0.4, -0.2) is 57.1 Å². The molecular formula is C14H22N2O3S2. The number of hydrogen-bond donors (Lipinski definition) is 1. The molecule has 0 radical (unpaired) electrons. The van der Waals surface area contributed by atoms with Crippen molar-refractivity contribution in [2.75, 3.05) is 38.8 Å². The Labute approximate surface area is 132 Å². The Morgan fingerprint density at radius 3 is 2.62 bits per heavy atom. The van der Waals surface area contributed by atoms with Crippen LogP contribution in [0.2, 0.25) is 0 Å². The minimum atomic E-state index is -2.91. The summed E-state index contributed by atoms with van der Waals surface area (Å²) >= 11 is 4.97. The summed E-state index contributed by atoms with van der Waals surface area (Å²) in [7, 11) is -1.01. The fourth-order valence-electron chi connectivity index (χ4n) is 1.75. The summed E-state index contributed by atoms with van der Waals surface area (Å²) in [6.45, 7) is 1.83. The second-order valence-corrected chi connectivity index (χ2v) is 7.70. The van der Waals surface area contributed by atoms with Gasteiger partial charge >= 0.3 is 0 Å². The average molecular weight is 330 g/mol. The van der Waals surface area contributed by atoms with Gasteiger partial charge < -0.3 is 15.4 Å². The van der Waals surface area contributed by atoms with Crippen LogP contribution >= 0.6 is 12.2 Å². The Kier molecular flexibility index (Phi) is 7.07. The Hall–Kier alpha value is -1.18. The summed E-state index contributed by atoms with van der Waals surface area (Å²) in [5, 5.41) is 0. The molecule has 1 aromatic rings. The molecule has 0 unspecified atom stereocenters. The number of para-hydroxylation sites is 1. The van der Waals surface area contributed by atoms with Gasteiger partial charge in [-0.3, -0.25) is 0 Å². The maximum Gasteiger partial charge on any atom is 0.148 e. The lowest BCUT2D eigenvalue weighted by Gasteiger charge is -2.16. The highest BCUT2D eigenvalue weighted by molar-refractivity contribution is 7.90. The van der Waals surface area contributed by atoms with Gasteiger partial charge in [0.1, 0.15) is 20.6 Å². The topological polar surface area (TPSA) is 72.6 Å². The molecule has 118 valence electrons. The molecule has 0 heterocycles. The van der Waals surface area contributed by atoms with Crippen LogP contribution in [0.4, 0.5) is 0 Å². The van der Waals surface area contributed by atoms with E-state index in [2.05, 4.69) is 0 Å². The van der Waals surface area contributed by atoms with Gasteiger partial charge in [-0.25, -0.2) is 8.42 Å². The number of sulfone groups is 1. The third-order valence-corrected chi connectivity index (χ3v) is 4.08. The molecule has 2 N–H and O–H groups in total. The molecule has 0 amide bonds. The molecule has 0 aromatic heterocycles. The van der Waals surface area contributed by atoms with Gasteiger partial charge in [-0.05, 0) is 25.6 Å². The first kappa shape index (κ1) is 17.9. The number of ether oxygens (including phenoxy) is 1. The maximum atomic E-state index is 11.1. The van der Waals surface area contributed by atoms with Crippen LogP contribution < -0.4 is 10.5 Å². The third-order valence-electron chi connectivity index (χ3n) is 2.94. The highest BCUT2D eigenvalue weighted by atomic mass is 32.2. The SMILES string of the molecule is CN(CCCOc1ccccc1C(N)=S)CCS(C)(=O)=O. The maximum absolute atomic E-state index is 11.1. The molecule has 0 aliphatic carbocycles. The molecule has 0 atom stereocenters. The molecule has 0 spiro atoms. The summed E-state index contributed by atoms with van der Waals surface area (Å²) < 4.78 is 27.8. The summed E-state index contributed by atoms with van der Waals surface area (Å²) in [5.41, 5.74) is 6.37. The number of thiocarbonyl (C=S) groups is 1. The standard InChI is InChI=1S/C14H22N2O3S2/c1-16(9-11-21(2,17)18)8-5-10-19-13-7-4-3-6-12(13)14(15)20/h3-4,6-7H,5,8-11H2,1-2H3,(H2,15,20). The van der Waals surface area contributed by atoms with Crippen molar-refractivity contribution in [3.05, 3.63) is 29.8 Å². The first-order valence-corrected chi connectivity index (χ1v) is 9.14. The first-order chi connectivity index (χ1) is 9.79. The van der Waals surface area contributed by atoms with Crippen LogP contribution in [0.15, 0.2) is 24.3 Å². The summed E-state index contributed by atoms with van der Waals surface area (Å²) in [5.74, 6) is 0.859. The molecule has 0 bridgehead atoms. The van der Waals surface area contributed by atoms with Crippen LogP contribution in [-0.2, 0) is 9.84 Å². The molecule has 7 heteroatoms. The Morgan fingerprint density at radius 2 is 2.00 bits per heavy atom. The van der Waals surface area contributed by atoms with E-state index in [1.54, 1.807) is 0 Å². The lowest BCUT2D eigenvalue weighted by atomic mass is 10.2. The van der Waals surface area contributed by atoms with Gasteiger partial charge in [-0.2, -0.15) is 0 Å². The van der Waals surface area contributed by atoms with Crippen molar-refractivity contribution in [1.29, 1.82) is 0 Å². The second-order valence-electron chi connectivity index (χ2n) is 5.00. The van der Waals surface area contributed by atoms with Crippen molar-refractivity contribution in [1.82, 2.24) is 4.90 Å². The summed E-state index contributed by atoms with van der Waals surface area (Å²) in [4.78, 5) is 2.29. The minimum absolute atomic E-state index is 0.175. The lowest BCUT2D eigenvalue weighted by Crippen LogP contribution is -2.27. The second kappa shape index (κ2) is 8.31. The lowest BCUT2D eigenvalue weighted by molar-refractivity contribution is 0.268. The van der Waals surface area contributed by atoms with Crippen molar-refractivity contribution in [3.8, 4) is 5.75 Å². The van der Waals surface area contributed by atoms with Crippen molar-refractivity contribution in [2.24, 2.45) is 5.73 Å².